The highest BCUT2D eigenvalue weighted by molar-refractivity contribution is 5.88. The fraction of sp³-hybridized carbons (Fsp3) is 0.556. The quantitative estimate of drug-likeness (QED) is 0.497. The van der Waals surface area contributed by atoms with Crippen molar-refractivity contribution in [2.75, 3.05) is 60.3 Å². The first kappa shape index (κ1) is 26.2. The van der Waals surface area contributed by atoms with Gasteiger partial charge in [0.15, 0.2) is 16.9 Å². The van der Waals surface area contributed by atoms with E-state index in [4.69, 9.17) is 18.9 Å². The van der Waals surface area contributed by atoms with E-state index in [9.17, 15) is 14.7 Å². The highest BCUT2D eigenvalue weighted by Crippen LogP contribution is 2.46. The maximum absolute atomic E-state index is 12.7. The molecule has 1 fully saturated rings. The van der Waals surface area contributed by atoms with Crippen molar-refractivity contribution in [1.82, 2.24) is 9.47 Å². The van der Waals surface area contributed by atoms with Gasteiger partial charge in [-0.05, 0) is 30.5 Å². The Morgan fingerprint density at radius 1 is 1.17 bits per heavy atom. The first-order valence-corrected chi connectivity index (χ1v) is 12.4. The molecule has 1 atom stereocenters. The minimum Gasteiger partial charge on any atom is -0.493 e. The van der Waals surface area contributed by atoms with Crippen LogP contribution in [0, 0.1) is 5.41 Å². The number of carbonyl (C=O) groups is 1. The second-order valence-electron chi connectivity index (χ2n) is 10.1. The van der Waals surface area contributed by atoms with Crippen molar-refractivity contribution < 1.29 is 28.8 Å². The summed E-state index contributed by atoms with van der Waals surface area (Å²) in [5.41, 5.74) is 1.43. The van der Waals surface area contributed by atoms with Crippen LogP contribution < -0.4 is 14.9 Å². The number of aromatic carboxylic acids is 1. The molecule has 196 valence electrons. The van der Waals surface area contributed by atoms with Gasteiger partial charge in [-0.25, -0.2) is 4.79 Å². The van der Waals surface area contributed by atoms with Gasteiger partial charge in [0, 0.05) is 56.0 Å². The molecule has 1 N–H and O–H groups in total. The molecule has 1 aromatic carbocycles. The zero-order valence-electron chi connectivity index (χ0n) is 21.5. The van der Waals surface area contributed by atoms with Gasteiger partial charge in [0.25, 0.3) is 0 Å². The number of hydrogen-bond acceptors (Lipinski definition) is 7. The van der Waals surface area contributed by atoms with Crippen molar-refractivity contribution in [3.8, 4) is 22.8 Å². The number of rotatable bonds is 10. The Kier molecular flexibility index (Phi) is 8.02. The largest absolute Gasteiger partial charge is 0.493 e. The molecule has 0 radical (unpaired) electrons. The number of morpholine rings is 1. The lowest BCUT2D eigenvalue weighted by molar-refractivity contribution is 0.0357. The van der Waals surface area contributed by atoms with Crippen molar-refractivity contribution in [3.63, 3.8) is 0 Å². The van der Waals surface area contributed by atoms with Crippen molar-refractivity contribution in [3.05, 3.63) is 45.7 Å². The Hall–Kier alpha value is -2.88. The molecule has 36 heavy (non-hydrogen) atoms. The van der Waals surface area contributed by atoms with Crippen LogP contribution in [0.15, 0.2) is 29.2 Å². The SMILES string of the molecule is COCC(C)(C)C1Cc2cc(OCCCN3CCOCC3)c(OC)cc2-c2cc(=O)c(C(=O)O)cn21. The van der Waals surface area contributed by atoms with E-state index >= 15 is 0 Å². The number of carboxylic acids is 1. The van der Waals surface area contributed by atoms with E-state index in [2.05, 4.69) is 18.7 Å². The van der Waals surface area contributed by atoms with E-state index in [1.807, 2.05) is 16.7 Å². The fourth-order valence-corrected chi connectivity index (χ4v) is 5.19. The number of methoxy groups -OCH3 is 2. The lowest BCUT2D eigenvalue weighted by Crippen LogP contribution is -2.37. The van der Waals surface area contributed by atoms with Crippen LogP contribution in [-0.2, 0) is 15.9 Å². The summed E-state index contributed by atoms with van der Waals surface area (Å²) in [6, 6.07) is 5.18. The molecule has 0 bridgehead atoms. The van der Waals surface area contributed by atoms with E-state index in [1.54, 1.807) is 14.2 Å². The normalized spacial score (nSPS) is 17.8. The second-order valence-corrected chi connectivity index (χ2v) is 10.1. The number of fused-ring (bicyclic) bond motifs is 3. The molecule has 9 nitrogen and oxygen atoms in total. The summed E-state index contributed by atoms with van der Waals surface area (Å²) in [7, 11) is 3.25. The number of pyridine rings is 1. The molecule has 1 aromatic heterocycles. The molecule has 3 heterocycles. The van der Waals surface area contributed by atoms with E-state index in [1.165, 1.54) is 12.3 Å². The predicted molar refractivity (Wildman–Crippen MR) is 135 cm³/mol. The van der Waals surface area contributed by atoms with Crippen molar-refractivity contribution in [2.45, 2.75) is 32.7 Å². The highest BCUT2D eigenvalue weighted by atomic mass is 16.5. The Morgan fingerprint density at radius 2 is 1.92 bits per heavy atom. The predicted octanol–water partition coefficient (Wildman–Crippen LogP) is 3.09. The third kappa shape index (κ3) is 5.43. The average molecular weight is 501 g/mol. The molecular formula is C27H36N2O7. The molecular weight excluding hydrogens is 464 g/mol. The number of benzene rings is 1. The van der Waals surface area contributed by atoms with Crippen LogP contribution in [0.2, 0.25) is 0 Å². The first-order valence-electron chi connectivity index (χ1n) is 12.4. The van der Waals surface area contributed by atoms with Crippen LogP contribution in [0.3, 0.4) is 0 Å². The smallest absolute Gasteiger partial charge is 0.341 e. The topological polar surface area (TPSA) is 99.5 Å². The zero-order valence-corrected chi connectivity index (χ0v) is 21.5. The lowest BCUT2D eigenvalue weighted by Gasteiger charge is -2.40. The van der Waals surface area contributed by atoms with Crippen LogP contribution >= 0.6 is 0 Å². The molecule has 2 aliphatic rings. The van der Waals surface area contributed by atoms with Crippen LogP contribution in [0.4, 0.5) is 0 Å². The number of aromatic nitrogens is 1. The Morgan fingerprint density at radius 3 is 2.58 bits per heavy atom. The van der Waals surface area contributed by atoms with E-state index in [0.717, 1.165) is 50.4 Å². The van der Waals surface area contributed by atoms with Gasteiger partial charge in [-0.3, -0.25) is 9.69 Å². The van der Waals surface area contributed by atoms with Crippen molar-refractivity contribution in [1.29, 1.82) is 0 Å². The van der Waals surface area contributed by atoms with Gasteiger partial charge in [-0.15, -0.1) is 0 Å². The summed E-state index contributed by atoms with van der Waals surface area (Å²) in [6.07, 6.45) is 2.99. The molecule has 0 amide bonds. The summed E-state index contributed by atoms with van der Waals surface area (Å²) in [5.74, 6) is 0.0123. The minimum absolute atomic E-state index is 0.124. The number of hydrogen-bond donors (Lipinski definition) is 1. The molecule has 0 spiro atoms. The van der Waals surface area contributed by atoms with Gasteiger partial charge in [0.1, 0.15) is 5.56 Å². The van der Waals surface area contributed by atoms with Crippen LogP contribution in [0.25, 0.3) is 11.3 Å². The van der Waals surface area contributed by atoms with E-state index in [-0.39, 0.29) is 17.0 Å². The lowest BCUT2D eigenvalue weighted by atomic mass is 9.77. The van der Waals surface area contributed by atoms with E-state index < -0.39 is 11.4 Å². The van der Waals surface area contributed by atoms with Crippen LogP contribution in [0.5, 0.6) is 11.5 Å². The molecule has 1 saturated heterocycles. The third-order valence-electron chi connectivity index (χ3n) is 7.12. The minimum atomic E-state index is -1.23. The fourth-order valence-electron chi connectivity index (χ4n) is 5.19. The van der Waals surface area contributed by atoms with Crippen molar-refractivity contribution >= 4 is 5.97 Å². The Labute approximate surface area is 211 Å². The molecule has 2 aliphatic heterocycles. The zero-order chi connectivity index (χ0) is 25.9. The number of carboxylic acid groups (broad SMARTS) is 1. The summed E-state index contributed by atoms with van der Waals surface area (Å²) in [6.45, 7) is 9.60. The second kappa shape index (κ2) is 11.0. The summed E-state index contributed by atoms with van der Waals surface area (Å²) >= 11 is 0. The van der Waals surface area contributed by atoms with Gasteiger partial charge in [0.2, 0.25) is 0 Å². The first-order chi connectivity index (χ1) is 17.2. The maximum Gasteiger partial charge on any atom is 0.341 e. The van der Waals surface area contributed by atoms with Gasteiger partial charge in [-0.2, -0.15) is 0 Å². The van der Waals surface area contributed by atoms with Crippen LogP contribution in [-0.4, -0.2) is 80.8 Å². The average Bonchev–Trinajstić information content (AvgIpc) is 2.85. The summed E-state index contributed by atoms with van der Waals surface area (Å²) in [5, 5.41) is 9.58. The maximum atomic E-state index is 12.7. The summed E-state index contributed by atoms with van der Waals surface area (Å²) in [4.78, 5) is 26.8. The number of ether oxygens (including phenoxy) is 4. The molecule has 1 unspecified atom stereocenters. The van der Waals surface area contributed by atoms with Gasteiger partial charge in [-0.1, -0.05) is 13.8 Å². The standard InChI is InChI=1S/C27H36N2O7/c1-27(2,17-33-3)25-13-18-12-24(36-9-5-6-28-7-10-35-11-8-28)23(34-4)14-19(18)21-15-22(30)20(26(31)32)16-29(21)25/h12,14-16,25H,5-11,13,17H2,1-4H3,(H,31,32). The molecule has 0 saturated carbocycles. The van der Waals surface area contributed by atoms with E-state index in [0.29, 0.717) is 36.8 Å². The van der Waals surface area contributed by atoms with Gasteiger partial charge < -0.3 is 28.6 Å². The monoisotopic (exact) mass is 500 g/mol. The van der Waals surface area contributed by atoms with Crippen molar-refractivity contribution in [2.24, 2.45) is 5.41 Å². The summed E-state index contributed by atoms with van der Waals surface area (Å²) < 4.78 is 24.6. The highest BCUT2D eigenvalue weighted by Gasteiger charge is 2.37. The molecule has 2 aromatic rings. The number of nitrogens with zero attached hydrogens (tertiary/aromatic N) is 2. The molecule has 0 aliphatic carbocycles. The molecule has 9 heteroatoms. The Balaban J connectivity index is 1.66. The Bertz CT molecular complexity index is 1150. The molecule has 4 rings (SSSR count). The van der Waals surface area contributed by atoms with Crippen LogP contribution in [0.1, 0.15) is 42.2 Å². The van der Waals surface area contributed by atoms with Gasteiger partial charge >= 0.3 is 5.97 Å². The third-order valence-corrected chi connectivity index (χ3v) is 7.12. The van der Waals surface area contributed by atoms with Gasteiger partial charge in [0.05, 0.1) is 39.2 Å².